The van der Waals surface area contributed by atoms with E-state index in [-0.39, 0.29) is 12.2 Å². The molecule has 0 spiro atoms. The van der Waals surface area contributed by atoms with Crippen molar-refractivity contribution in [2.75, 3.05) is 13.7 Å². The highest BCUT2D eigenvalue weighted by Gasteiger charge is 2.06. The second-order valence-electron chi connectivity index (χ2n) is 3.32. The van der Waals surface area contributed by atoms with E-state index in [1.165, 1.54) is 7.11 Å². The van der Waals surface area contributed by atoms with Gasteiger partial charge in [-0.1, -0.05) is 29.8 Å². The molecule has 80 valence electrons. The average Bonchev–Trinajstić information content (AvgIpc) is 2.17. The van der Waals surface area contributed by atoms with E-state index < -0.39 is 5.97 Å². The van der Waals surface area contributed by atoms with E-state index in [1.807, 2.05) is 31.2 Å². The molecule has 1 aromatic carbocycles. The summed E-state index contributed by atoms with van der Waals surface area (Å²) in [5.74, 6) is -0.946. The number of ether oxygens (including phenoxy) is 1. The smallest absolute Gasteiger partial charge is 0.333 e. The summed E-state index contributed by atoms with van der Waals surface area (Å²) in [6.45, 7) is 2.08. The minimum Gasteiger partial charge on any atom is -0.478 e. The first-order valence-corrected chi connectivity index (χ1v) is 4.63. The Labute approximate surface area is 89.0 Å². The Balaban J connectivity index is 2.96. The number of benzene rings is 1. The maximum Gasteiger partial charge on any atom is 0.333 e. The van der Waals surface area contributed by atoms with Crippen LogP contribution in [0.1, 0.15) is 11.1 Å². The van der Waals surface area contributed by atoms with Gasteiger partial charge in [-0.15, -0.1) is 0 Å². The van der Waals surface area contributed by atoms with Crippen LogP contribution in [0.25, 0.3) is 6.08 Å². The van der Waals surface area contributed by atoms with Crippen LogP contribution in [0.5, 0.6) is 0 Å². The summed E-state index contributed by atoms with van der Waals surface area (Å²) < 4.78 is 4.82. The fourth-order valence-electron chi connectivity index (χ4n) is 1.28. The quantitative estimate of drug-likeness (QED) is 0.767. The highest BCUT2D eigenvalue weighted by atomic mass is 16.5. The van der Waals surface area contributed by atoms with Crippen LogP contribution in [0.4, 0.5) is 0 Å². The summed E-state index contributed by atoms with van der Waals surface area (Å²) in [5, 5.41) is 8.89. The molecule has 0 unspecified atom stereocenters. The summed E-state index contributed by atoms with van der Waals surface area (Å²) in [5.41, 5.74) is 2.23. The summed E-state index contributed by atoms with van der Waals surface area (Å²) in [7, 11) is 1.48. The second-order valence-corrected chi connectivity index (χ2v) is 3.32. The lowest BCUT2D eigenvalue weighted by atomic mass is 10.1. The molecular formula is C12H14O3. The molecule has 0 aromatic heterocycles. The fourth-order valence-corrected chi connectivity index (χ4v) is 1.28. The average molecular weight is 206 g/mol. The molecule has 0 radical (unpaired) electrons. The first-order chi connectivity index (χ1) is 7.13. The molecule has 1 rings (SSSR count). The van der Waals surface area contributed by atoms with Crippen LogP contribution in [0.15, 0.2) is 29.8 Å². The lowest BCUT2D eigenvalue weighted by molar-refractivity contribution is -0.133. The van der Waals surface area contributed by atoms with E-state index in [1.54, 1.807) is 6.08 Å². The number of rotatable bonds is 4. The molecule has 3 heteroatoms. The van der Waals surface area contributed by atoms with Crippen LogP contribution in [-0.4, -0.2) is 24.8 Å². The second kappa shape index (κ2) is 5.32. The summed E-state index contributed by atoms with van der Waals surface area (Å²) in [6, 6.07) is 7.66. The first kappa shape index (κ1) is 11.5. The zero-order valence-electron chi connectivity index (χ0n) is 8.86. The Morgan fingerprint density at radius 3 is 2.80 bits per heavy atom. The van der Waals surface area contributed by atoms with E-state index in [0.29, 0.717) is 0 Å². The molecule has 0 saturated carbocycles. The Bertz CT molecular complexity index is 380. The molecule has 1 aromatic rings. The number of aliphatic carboxylic acids is 1. The molecule has 3 nitrogen and oxygen atoms in total. The van der Waals surface area contributed by atoms with Crippen LogP contribution >= 0.6 is 0 Å². The number of carboxylic acids is 1. The molecule has 0 aliphatic heterocycles. The van der Waals surface area contributed by atoms with Gasteiger partial charge in [0.25, 0.3) is 0 Å². The van der Waals surface area contributed by atoms with Gasteiger partial charge >= 0.3 is 5.97 Å². The highest BCUT2D eigenvalue weighted by molar-refractivity contribution is 5.92. The Hall–Kier alpha value is -1.61. The van der Waals surface area contributed by atoms with Crippen molar-refractivity contribution in [3.05, 3.63) is 41.0 Å². The Kier molecular flexibility index (Phi) is 4.06. The van der Waals surface area contributed by atoms with Gasteiger partial charge in [0.05, 0.1) is 12.2 Å². The lowest BCUT2D eigenvalue weighted by Crippen LogP contribution is -2.06. The minimum absolute atomic E-state index is 0.114. The zero-order valence-corrected chi connectivity index (χ0v) is 8.86. The molecule has 1 N–H and O–H groups in total. The number of hydrogen-bond acceptors (Lipinski definition) is 2. The minimum atomic E-state index is -0.946. The largest absolute Gasteiger partial charge is 0.478 e. The van der Waals surface area contributed by atoms with Gasteiger partial charge in [0.2, 0.25) is 0 Å². The van der Waals surface area contributed by atoms with E-state index in [9.17, 15) is 4.79 Å². The lowest BCUT2D eigenvalue weighted by Gasteiger charge is -2.01. The SMILES string of the molecule is COC/C(=C\c1cccc(C)c1)C(=O)O. The van der Waals surface area contributed by atoms with E-state index >= 15 is 0 Å². The molecule has 0 heterocycles. The van der Waals surface area contributed by atoms with Crippen molar-refractivity contribution in [2.45, 2.75) is 6.92 Å². The summed E-state index contributed by atoms with van der Waals surface area (Å²) >= 11 is 0. The van der Waals surface area contributed by atoms with Crippen molar-refractivity contribution in [3.8, 4) is 0 Å². The third-order valence-corrected chi connectivity index (χ3v) is 1.96. The van der Waals surface area contributed by atoms with Crippen molar-refractivity contribution < 1.29 is 14.6 Å². The van der Waals surface area contributed by atoms with Crippen LogP contribution < -0.4 is 0 Å². The predicted molar refractivity (Wildman–Crippen MR) is 58.7 cm³/mol. The normalized spacial score (nSPS) is 11.5. The maximum atomic E-state index is 10.8. The molecular weight excluding hydrogens is 192 g/mol. The summed E-state index contributed by atoms with van der Waals surface area (Å²) in [4.78, 5) is 10.8. The third kappa shape index (κ3) is 3.56. The van der Waals surface area contributed by atoms with Crippen LogP contribution in [0.3, 0.4) is 0 Å². The van der Waals surface area contributed by atoms with Crippen LogP contribution in [0, 0.1) is 6.92 Å². The van der Waals surface area contributed by atoms with Crippen LogP contribution in [0.2, 0.25) is 0 Å². The van der Waals surface area contributed by atoms with Gasteiger partial charge in [-0.2, -0.15) is 0 Å². The standard InChI is InChI=1S/C12H14O3/c1-9-4-3-5-10(6-9)7-11(8-15-2)12(13)14/h3-7H,8H2,1-2H3,(H,13,14)/b11-7+. The molecule has 0 aliphatic rings. The van der Waals surface area contributed by atoms with E-state index in [2.05, 4.69) is 0 Å². The van der Waals surface area contributed by atoms with Crippen molar-refractivity contribution >= 4 is 12.0 Å². The number of carboxylic acid groups (broad SMARTS) is 1. The first-order valence-electron chi connectivity index (χ1n) is 4.63. The Morgan fingerprint density at radius 2 is 2.27 bits per heavy atom. The highest BCUT2D eigenvalue weighted by Crippen LogP contribution is 2.09. The monoisotopic (exact) mass is 206 g/mol. The molecule has 0 atom stereocenters. The molecule has 15 heavy (non-hydrogen) atoms. The van der Waals surface area contributed by atoms with E-state index in [4.69, 9.17) is 9.84 Å². The third-order valence-electron chi connectivity index (χ3n) is 1.96. The molecule has 0 aliphatic carbocycles. The Morgan fingerprint density at radius 1 is 1.53 bits per heavy atom. The van der Waals surface area contributed by atoms with Crippen molar-refractivity contribution in [1.29, 1.82) is 0 Å². The molecule has 0 saturated heterocycles. The van der Waals surface area contributed by atoms with Gasteiger partial charge < -0.3 is 9.84 Å². The molecule has 0 amide bonds. The van der Waals surface area contributed by atoms with Gasteiger partial charge in [-0.25, -0.2) is 4.79 Å². The topological polar surface area (TPSA) is 46.5 Å². The summed E-state index contributed by atoms with van der Waals surface area (Å²) in [6.07, 6.45) is 1.62. The molecule has 0 bridgehead atoms. The van der Waals surface area contributed by atoms with Crippen molar-refractivity contribution in [2.24, 2.45) is 0 Å². The van der Waals surface area contributed by atoms with Gasteiger partial charge in [-0.05, 0) is 18.6 Å². The molecule has 0 fully saturated rings. The number of methoxy groups -OCH3 is 1. The number of hydrogen-bond donors (Lipinski definition) is 1. The van der Waals surface area contributed by atoms with Crippen LogP contribution in [-0.2, 0) is 9.53 Å². The predicted octanol–water partition coefficient (Wildman–Crippen LogP) is 2.11. The van der Waals surface area contributed by atoms with Crippen molar-refractivity contribution in [3.63, 3.8) is 0 Å². The van der Waals surface area contributed by atoms with Gasteiger partial charge in [0, 0.05) is 7.11 Å². The number of carbonyl (C=O) groups is 1. The maximum absolute atomic E-state index is 10.8. The van der Waals surface area contributed by atoms with Gasteiger partial charge in [-0.3, -0.25) is 0 Å². The zero-order chi connectivity index (χ0) is 11.3. The number of aryl methyl sites for hydroxylation is 1. The van der Waals surface area contributed by atoms with E-state index in [0.717, 1.165) is 11.1 Å². The van der Waals surface area contributed by atoms with Crippen molar-refractivity contribution in [1.82, 2.24) is 0 Å². The van der Waals surface area contributed by atoms with Gasteiger partial charge in [0.15, 0.2) is 0 Å². The van der Waals surface area contributed by atoms with Gasteiger partial charge in [0.1, 0.15) is 0 Å². The fraction of sp³-hybridized carbons (Fsp3) is 0.250.